The molecule has 2 bridgehead atoms. The number of amides is 3. The van der Waals surface area contributed by atoms with E-state index in [1.54, 1.807) is 30.5 Å². The minimum Gasteiger partial charge on any atom is -0.274 e. The van der Waals surface area contributed by atoms with Gasteiger partial charge in [-0.2, -0.15) is 5.10 Å². The van der Waals surface area contributed by atoms with Crippen LogP contribution in [0, 0.1) is 11.8 Å². The fourth-order valence-electron chi connectivity index (χ4n) is 7.54. The van der Waals surface area contributed by atoms with Crippen LogP contribution in [0.15, 0.2) is 126 Å². The van der Waals surface area contributed by atoms with E-state index in [0.717, 1.165) is 33.0 Å². The number of imide groups is 1. The molecule has 0 radical (unpaired) electrons. The molecule has 1 heterocycles. The smallest absolute Gasteiger partial charge is 0.271 e. The van der Waals surface area contributed by atoms with Crippen LogP contribution >= 0.6 is 0 Å². The van der Waals surface area contributed by atoms with Crippen LogP contribution in [0.2, 0.25) is 0 Å². The summed E-state index contributed by atoms with van der Waals surface area (Å²) >= 11 is 0. The predicted octanol–water partition coefficient (Wildman–Crippen LogP) is 5.81. The molecular weight excluding hydrogens is 522 g/mol. The lowest BCUT2D eigenvalue weighted by Gasteiger charge is -2.52. The van der Waals surface area contributed by atoms with Crippen LogP contribution in [0.4, 0.5) is 5.69 Å². The minimum absolute atomic E-state index is 0.207. The predicted molar refractivity (Wildman–Crippen MR) is 161 cm³/mol. The Bertz CT molecular complexity index is 1910. The number of hydrogen-bond acceptors (Lipinski definition) is 4. The number of nitrogens with one attached hydrogen (secondary N) is 1. The maximum atomic E-state index is 14.7. The van der Waals surface area contributed by atoms with Crippen LogP contribution in [0.1, 0.15) is 38.5 Å². The first-order valence-electron chi connectivity index (χ1n) is 14.1. The van der Waals surface area contributed by atoms with Gasteiger partial charge >= 0.3 is 0 Å². The van der Waals surface area contributed by atoms with E-state index in [2.05, 4.69) is 22.7 Å². The normalized spacial score (nSPS) is 23.6. The summed E-state index contributed by atoms with van der Waals surface area (Å²) in [5.41, 5.74) is 6.60. The molecule has 1 N–H and O–H groups in total. The molecular formula is C36H25N3O3. The number of fused-ring (bicyclic) bond motifs is 1. The molecule has 0 spiro atoms. The molecule has 2 atom stereocenters. The number of carbonyl (C=O) groups is 3. The van der Waals surface area contributed by atoms with E-state index in [1.807, 2.05) is 84.9 Å². The Hall–Kier alpha value is -5.36. The van der Waals surface area contributed by atoms with E-state index in [9.17, 15) is 14.4 Å². The van der Waals surface area contributed by atoms with Gasteiger partial charge in [-0.1, -0.05) is 103 Å². The Morgan fingerprint density at radius 3 is 2.07 bits per heavy atom. The third kappa shape index (κ3) is 3.20. The van der Waals surface area contributed by atoms with Crippen molar-refractivity contribution < 1.29 is 14.4 Å². The molecule has 4 aliphatic rings. The van der Waals surface area contributed by atoms with Crippen molar-refractivity contribution in [2.45, 2.75) is 11.3 Å². The second-order valence-corrected chi connectivity index (χ2v) is 11.1. The van der Waals surface area contributed by atoms with E-state index in [1.165, 1.54) is 4.90 Å². The first kappa shape index (κ1) is 24.4. The molecule has 3 amide bonds. The van der Waals surface area contributed by atoms with E-state index in [-0.39, 0.29) is 23.6 Å². The highest BCUT2D eigenvalue weighted by Gasteiger charge is 2.68. The van der Waals surface area contributed by atoms with Crippen molar-refractivity contribution in [3.05, 3.63) is 149 Å². The van der Waals surface area contributed by atoms with Gasteiger partial charge in [0, 0.05) is 23.1 Å². The standard InChI is InChI=1S/C36H25N3O3/c40-33(23-12-2-1-3-13-23)38-37-21-36-27-18-8-6-16-25(27)30(26-17-7-9-19-28(26)36)31-32(36)35(42)39(34(31)41)29-20-10-14-22-11-4-5-15-24(22)29/h1-21,30-32H,(H,38,40)/b37-21-/t30?,31-,32+,36?/m1/s1. The summed E-state index contributed by atoms with van der Waals surface area (Å²) in [5, 5.41) is 6.30. The zero-order valence-electron chi connectivity index (χ0n) is 22.5. The Labute approximate surface area is 242 Å². The molecule has 6 nitrogen and oxygen atoms in total. The van der Waals surface area contributed by atoms with Crippen molar-refractivity contribution in [2.24, 2.45) is 16.9 Å². The van der Waals surface area contributed by atoms with Gasteiger partial charge in [0.05, 0.1) is 22.9 Å². The molecule has 5 aromatic rings. The van der Waals surface area contributed by atoms with Gasteiger partial charge in [0.25, 0.3) is 5.91 Å². The summed E-state index contributed by atoms with van der Waals surface area (Å²) in [7, 11) is 0. The maximum Gasteiger partial charge on any atom is 0.271 e. The Kier molecular flexibility index (Phi) is 5.28. The van der Waals surface area contributed by atoms with Gasteiger partial charge in [-0.3, -0.25) is 14.4 Å². The second-order valence-electron chi connectivity index (χ2n) is 11.1. The minimum atomic E-state index is -1.05. The number of carbonyl (C=O) groups excluding carboxylic acids is 3. The lowest BCUT2D eigenvalue weighted by molar-refractivity contribution is -0.122. The number of hydrogen-bond donors (Lipinski definition) is 1. The van der Waals surface area contributed by atoms with Crippen molar-refractivity contribution in [3.63, 3.8) is 0 Å². The second kappa shape index (κ2) is 9.08. The number of benzene rings is 5. The fourth-order valence-corrected chi connectivity index (χ4v) is 7.54. The largest absolute Gasteiger partial charge is 0.274 e. The molecule has 9 rings (SSSR count). The Morgan fingerprint density at radius 2 is 1.33 bits per heavy atom. The Balaban J connectivity index is 1.33. The van der Waals surface area contributed by atoms with E-state index in [0.29, 0.717) is 11.3 Å². The average molecular weight is 548 g/mol. The van der Waals surface area contributed by atoms with Crippen LogP contribution in [0.3, 0.4) is 0 Å². The number of anilines is 1. The van der Waals surface area contributed by atoms with Gasteiger partial charge < -0.3 is 0 Å². The van der Waals surface area contributed by atoms with Gasteiger partial charge in [0.2, 0.25) is 11.8 Å². The quantitative estimate of drug-likeness (QED) is 0.175. The summed E-state index contributed by atoms with van der Waals surface area (Å²) < 4.78 is 0. The molecule has 5 aromatic carbocycles. The zero-order chi connectivity index (χ0) is 28.4. The molecule has 0 aromatic heterocycles. The summed E-state index contributed by atoms with van der Waals surface area (Å²) in [6.07, 6.45) is 1.69. The van der Waals surface area contributed by atoms with Crippen molar-refractivity contribution in [2.75, 3.05) is 4.90 Å². The molecule has 6 heteroatoms. The van der Waals surface area contributed by atoms with E-state index >= 15 is 0 Å². The molecule has 0 saturated carbocycles. The lowest BCUT2D eigenvalue weighted by atomic mass is 9.47. The zero-order valence-corrected chi connectivity index (χ0v) is 22.5. The van der Waals surface area contributed by atoms with Crippen molar-refractivity contribution in [3.8, 4) is 0 Å². The van der Waals surface area contributed by atoms with Gasteiger partial charge in [0.1, 0.15) is 0 Å². The first-order chi connectivity index (χ1) is 20.6. The SMILES string of the molecule is O=C(N/N=C\C12c3ccccc3C(c3ccccc31)[C@H]1C(=O)N(c3cccc4ccccc34)C(=O)[C@H]12)c1ccccc1. The van der Waals surface area contributed by atoms with Crippen molar-refractivity contribution in [1.29, 1.82) is 0 Å². The summed E-state index contributed by atoms with van der Waals surface area (Å²) in [4.78, 5) is 43.5. The summed E-state index contributed by atoms with van der Waals surface area (Å²) in [6.45, 7) is 0. The fraction of sp³-hybridized carbons (Fsp3) is 0.111. The number of rotatable bonds is 4. The van der Waals surface area contributed by atoms with Crippen molar-refractivity contribution >= 4 is 40.4 Å². The maximum absolute atomic E-state index is 14.7. The average Bonchev–Trinajstić information content (AvgIpc) is 3.31. The van der Waals surface area contributed by atoms with Crippen LogP contribution < -0.4 is 10.3 Å². The summed E-state index contributed by atoms with van der Waals surface area (Å²) in [5.74, 6) is -2.42. The molecule has 3 aliphatic carbocycles. The van der Waals surface area contributed by atoms with Crippen LogP contribution in [-0.2, 0) is 15.0 Å². The highest BCUT2D eigenvalue weighted by molar-refractivity contribution is 6.27. The van der Waals surface area contributed by atoms with Gasteiger partial charge in [0.15, 0.2) is 0 Å². The van der Waals surface area contributed by atoms with Gasteiger partial charge in [-0.15, -0.1) is 0 Å². The van der Waals surface area contributed by atoms with E-state index in [4.69, 9.17) is 0 Å². The Morgan fingerprint density at radius 1 is 0.714 bits per heavy atom. The first-order valence-corrected chi connectivity index (χ1v) is 14.1. The topological polar surface area (TPSA) is 78.8 Å². The molecule has 202 valence electrons. The number of nitrogens with zero attached hydrogens (tertiary/aromatic N) is 2. The van der Waals surface area contributed by atoms with Crippen LogP contribution in [0.5, 0.6) is 0 Å². The highest BCUT2D eigenvalue weighted by atomic mass is 16.2. The summed E-state index contributed by atoms with van der Waals surface area (Å²) in [6, 6.07) is 38.4. The van der Waals surface area contributed by atoms with Gasteiger partial charge in [-0.25, -0.2) is 10.3 Å². The molecule has 42 heavy (non-hydrogen) atoms. The van der Waals surface area contributed by atoms with Crippen molar-refractivity contribution in [1.82, 2.24) is 5.43 Å². The molecule has 1 saturated heterocycles. The molecule has 1 fully saturated rings. The molecule has 0 unspecified atom stereocenters. The monoisotopic (exact) mass is 547 g/mol. The van der Waals surface area contributed by atoms with Crippen LogP contribution in [-0.4, -0.2) is 23.9 Å². The van der Waals surface area contributed by atoms with E-state index < -0.39 is 17.3 Å². The lowest BCUT2D eigenvalue weighted by Crippen LogP contribution is -2.54. The number of hydrazone groups is 1. The third-order valence-corrected chi connectivity index (χ3v) is 9.16. The molecule has 1 aliphatic heterocycles. The van der Waals surface area contributed by atoms with Gasteiger partial charge in [-0.05, 0) is 45.8 Å². The van der Waals surface area contributed by atoms with Crippen LogP contribution in [0.25, 0.3) is 10.8 Å². The third-order valence-electron chi connectivity index (χ3n) is 9.16. The highest BCUT2D eigenvalue weighted by Crippen LogP contribution is 2.63.